The van der Waals surface area contributed by atoms with Gasteiger partial charge in [-0.15, -0.1) is 11.8 Å². The molecule has 0 radical (unpaired) electrons. The Balaban J connectivity index is 0.000000257. The van der Waals surface area contributed by atoms with Gasteiger partial charge in [0.05, 0.1) is 29.1 Å². The zero-order valence-corrected chi connectivity index (χ0v) is 70.5. The molecule has 2 N–H and O–H groups in total. The van der Waals surface area contributed by atoms with Crippen LogP contribution in [0.2, 0.25) is 0 Å². The number of carbonyl (C=O) groups is 2. The van der Waals surface area contributed by atoms with E-state index in [2.05, 4.69) is 190 Å². The molecule has 0 bridgehead atoms. The normalized spacial score (nSPS) is 18.9. The molecule has 1 spiro atoms. The van der Waals surface area contributed by atoms with Crippen molar-refractivity contribution in [1.82, 2.24) is 0 Å². The summed E-state index contributed by atoms with van der Waals surface area (Å²) in [5.74, 6) is 0.446. The average Bonchev–Trinajstić information content (AvgIpc) is 0.786. The molecule has 0 saturated carbocycles. The maximum absolute atomic E-state index is 13.5. The molecule has 14 heteroatoms. The molecule has 2 aliphatic heterocycles. The van der Waals surface area contributed by atoms with E-state index >= 15 is 0 Å². The van der Waals surface area contributed by atoms with E-state index in [0.29, 0.717) is 42.6 Å². The quantitative estimate of drug-likeness (QED) is 0.0341. The Bertz CT molecular complexity index is 4000. The number of hydrogen-bond donors (Lipinski definition) is 2. The molecule has 4 atom stereocenters. The number of thioether (sulfide) groups is 1. The number of esters is 2. The summed E-state index contributed by atoms with van der Waals surface area (Å²) >= 11 is 1.99. The molecule has 556 valence electrons. The summed E-state index contributed by atoms with van der Waals surface area (Å²) in [6.07, 6.45) is 6.99. The van der Waals surface area contributed by atoms with Crippen LogP contribution in [0.5, 0.6) is 17.2 Å². The van der Waals surface area contributed by atoms with Crippen molar-refractivity contribution in [3.8, 4) is 17.2 Å². The molecule has 2 heterocycles. The van der Waals surface area contributed by atoms with E-state index < -0.39 is 21.9 Å². The molecule has 103 heavy (non-hydrogen) atoms. The molecule has 0 amide bonds. The Morgan fingerprint density at radius 3 is 1.48 bits per heavy atom. The predicted molar refractivity (Wildman–Crippen MR) is 420 cm³/mol. The molecule has 2 fully saturated rings. The summed E-state index contributed by atoms with van der Waals surface area (Å²) in [5.41, 5.74) is 10.2. The van der Waals surface area contributed by atoms with Crippen molar-refractivity contribution in [2.75, 3.05) is 19.8 Å². The van der Waals surface area contributed by atoms with Crippen LogP contribution >= 0.6 is 11.8 Å². The molecule has 0 aromatic heterocycles. The smallest absolute Gasteiger partial charge is 0.744 e. The van der Waals surface area contributed by atoms with Crippen molar-refractivity contribution in [1.29, 1.82) is 0 Å². The first-order chi connectivity index (χ1) is 47.4. The zero-order chi connectivity index (χ0) is 75.9. The summed E-state index contributed by atoms with van der Waals surface area (Å²) in [6.45, 7) is 49.8. The molecule has 7 aromatic rings. The first kappa shape index (κ1) is 86.4. The van der Waals surface area contributed by atoms with Crippen LogP contribution in [0, 0.1) is 5.41 Å². The van der Waals surface area contributed by atoms with Gasteiger partial charge in [0.2, 0.25) is 0 Å². The van der Waals surface area contributed by atoms with Gasteiger partial charge in [0.25, 0.3) is 0 Å². The number of phenols is 2. The van der Waals surface area contributed by atoms with Crippen molar-refractivity contribution in [2.45, 2.75) is 283 Å². The SMILES string of the molecule is CCC(C)(C)c1ccc(OC(=O)c2cc(C(C)(C)C)c(O)c(C(C)(C)C)c2)c(C(C)(C)CC)c1.CCC(C)c1cc(S(=O)(=O)[O-])cc2c(C(C)CC)cccc12.CCC1(COC(=O)CCc2cc(C(C)(C)C)c(O)c(C(C)(C)C)c2)COC2(CC(c3ccccc3)SC(c3ccccc3)C2)OC1.[Na+]. The third-order valence-corrected chi connectivity index (χ3v) is 24.0. The number of phenolic OH excluding ortho intramolecular Hbond substituents is 2. The van der Waals surface area contributed by atoms with Crippen LogP contribution in [-0.2, 0) is 68.0 Å². The molecule has 4 unspecified atom stereocenters. The minimum atomic E-state index is -4.46. The molecule has 9 rings (SSSR count). The first-order valence-corrected chi connectivity index (χ1v) is 39.5. The first-order valence-electron chi connectivity index (χ1n) is 37.2. The second kappa shape index (κ2) is 34.6. The molecule has 0 aliphatic carbocycles. The van der Waals surface area contributed by atoms with E-state index in [0.717, 1.165) is 100 Å². The van der Waals surface area contributed by atoms with Crippen LogP contribution in [0.3, 0.4) is 0 Å². The monoisotopic (exact) mass is 1450 g/mol. The fraction of sp³-hybridized carbons (Fsp3) is 0.528. The summed E-state index contributed by atoms with van der Waals surface area (Å²) in [5, 5.41) is 24.5. The van der Waals surface area contributed by atoms with E-state index in [-0.39, 0.29) is 114 Å². The van der Waals surface area contributed by atoms with Crippen molar-refractivity contribution >= 4 is 44.6 Å². The molecule has 7 aromatic carbocycles. The topological polar surface area (TPSA) is 169 Å². The van der Waals surface area contributed by atoms with Gasteiger partial charge in [0.15, 0.2) is 5.79 Å². The molecule has 2 aliphatic rings. The van der Waals surface area contributed by atoms with E-state index in [1.807, 2.05) is 89.7 Å². The van der Waals surface area contributed by atoms with Crippen molar-refractivity contribution in [2.24, 2.45) is 5.41 Å². The zero-order valence-electron chi connectivity index (χ0n) is 66.9. The van der Waals surface area contributed by atoms with Crippen LogP contribution < -0.4 is 34.3 Å². The largest absolute Gasteiger partial charge is 1.00 e. The van der Waals surface area contributed by atoms with E-state index in [1.54, 1.807) is 24.3 Å². The summed E-state index contributed by atoms with van der Waals surface area (Å²) in [7, 11) is -4.46. The Labute approximate surface area is 646 Å². The molecular weight excluding hydrogens is 1330 g/mol. The molecule has 11 nitrogen and oxygen atoms in total. The predicted octanol–water partition coefficient (Wildman–Crippen LogP) is 20.0. The number of aromatic hydroxyl groups is 2. The third-order valence-electron chi connectivity index (χ3n) is 21.7. The number of fused-ring (bicyclic) bond motifs is 1. The van der Waals surface area contributed by atoms with Crippen molar-refractivity contribution in [3.05, 3.63) is 200 Å². The third kappa shape index (κ3) is 21.7. The number of rotatable bonds is 19. The van der Waals surface area contributed by atoms with Gasteiger partial charge < -0.3 is 33.7 Å². The van der Waals surface area contributed by atoms with Gasteiger partial charge in [-0.3, -0.25) is 4.79 Å². The molecule has 2 saturated heterocycles. The van der Waals surface area contributed by atoms with E-state index in [9.17, 15) is 32.8 Å². The number of ether oxygens (including phenoxy) is 4. The van der Waals surface area contributed by atoms with Gasteiger partial charge >= 0.3 is 41.5 Å². The van der Waals surface area contributed by atoms with Crippen molar-refractivity contribution in [3.63, 3.8) is 0 Å². The molecular formula is C89H121NaO11S2. The van der Waals surface area contributed by atoms with Gasteiger partial charge in [0, 0.05) is 46.5 Å². The minimum Gasteiger partial charge on any atom is -0.744 e. The number of aryl methyl sites for hydroxylation is 1. The fourth-order valence-corrected chi connectivity index (χ4v) is 15.6. The maximum Gasteiger partial charge on any atom is 1.00 e. The second-order valence-corrected chi connectivity index (χ2v) is 37.2. The Kier molecular flexibility index (Phi) is 29.0. The summed E-state index contributed by atoms with van der Waals surface area (Å²) in [6, 6.07) is 44.4. The Morgan fingerprint density at radius 2 is 1.04 bits per heavy atom. The van der Waals surface area contributed by atoms with Crippen LogP contribution in [0.15, 0.2) is 138 Å². The maximum atomic E-state index is 13.5. The minimum absolute atomic E-state index is 0. The van der Waals surface area contributed by atoms with Crippen LogP contribution in [0.25, 0.3) is 10.8 Å². The van der Waals surface area contributed by atoms with Gasteiger partial charge in [-0.05, 0) is 168 Å². The number of carbonyl (C=O) groups excluding carboxylic acids is 2. The van der Waals surface area contributed by atoms with Crippen molar-refractivity contribution < 1.29 is 81.3 Å². The van der Waals surface area contributed by atoms with Gasteiger partial charge in [-0.2, -0.15) is 0 Å². The Hall–Kier alpha value is -5.48. The van der Waals surface area contributed by atoms with Gasteiger partial charge in [-0.1, -0.05) is 262 Å². The summed E-state index contributed by atoms with van der Waals surface area (Å²) < 4.78 is 60.1. The number of benzene rings is 7. The fourth-order valence-electron chi connectivity index (χ4n) is 13.3. The van der Waals surface area contributed by atoms with E-state index in [1.165, 1.54) is 16.7 Å². The van der Waals surface area contributed by atoms with Gasteiger partial charge in [-0.25, -0.2) is 13.2 Å². The standard InChI is InChI=1S/C40H52O5S.C31H46O3.C18H24O3S.Na/c1-8-39(25-43-35(41)20-19-28-21-31(37(2,3)4)36(42)32(22-28)38(5,6)7)26-44-40(45-27-39)23-33(29-15-11-9-12-16-29)46-34(24-40)30-17-13-10-14-18-30;1-13-30(9,10)21-15-16-25(22(19-21)31(11,12)14-2)34-27(33)20-17-23(28(3,4)5)26(32)24(18-20)29(6,7)8;1-5-12(3)15-8-7-9-16-17(13(4)6-2)10-14(11-18(15)16)22(19,20)21;/h9-18,21-22,33-34,42H,8,19-20,23-27H2,1-7H3;15-19,32H,13-14H2,1-12H3;7-13H,5-6H2,1-4H3,(H,19,20,21);/q;;;+1/p-1. The summed E-state index contributed by atoms with van der Waals surface area (Å²) in [4.78, 5) is 26.5. The number of hydrogen-bond acceptors (Lipinski definition) is 12. The van der Waals surface area contributed by atoms with Crippen LogP contribution in [0.4, 0.5) is 0 Å². The van der Waals surface area contributed by atoms with E-state index in [4.69, 9.17) is 18.9 Å². The van der Waals surface area contributed by atoms with Crippen LogP contribution in [-0.4, -0.2) is 60.7 Å². The van der Waals surface area contributed by atoms with Gasteiger partial charge in [0.1, 0.15) is 34.0 Å². The average molecular weight is 1450 g/mol. The second-order valence-electron chi connectivity index (χ2n) is 34.4. The van der Waals surface area contributed by atoms with Crippen LogP contribution in [0.1, 0.15) is 305 Å². The Morgan fingerprint density at radius 1 is 0.573 bits per heavy atom.